The summed E-state index contributed by atoms with van der Waals surface area (Å²) in [6.07, 6.45) is 0. The molecule has 0 aliphatic heterocycles. The molecule has 0 amide bonds. The van der Waals surface area contributed by atoms with Gasteiger partial charge in [0.15, 0.2) is 0 Å². The molecule has 1 unspecified atom stereocenters. The summed E-state index contributed by atoms with van der Waals surface area (Å²) in [6, 6.07) is 13.1. The number of alkyl halides is 1. The minimum atomic E-state index is -1.11. The van der Waals surface area contributed by atoms with Gasteiger partial charge in [0.05, 0.1) is 6.61 Å². The molecule has 1 atom stereocenters. The van der Waals surface area contributed by atoms with Crippen LogP contribution in [-0.4, -0.2) is 23.4 Å². The first-order valence-electron chi connectivity index (χ1n) is 6.89. The second kappa shape index (κ2) is 8.13. The molecular formula is C17H14BrClO4. The number of benzene rings is 2. The van der Waals surface area contributed by atoms with E-state index in [-0.39, 0.29) is 5.56 Å². The van der Waals surface area contributed by atoms with Crippen molar-refractivity contribution in [2.75, 3.05) is 6.61 Å². The lowest BCUT2D eigenvalue weighted by Crippen LogP contribution is -2.22. The Morgan fingerprint density at radius 3 is 2.61 bits per heavy atom. The minimum Gasteiger partial charge on any atom is -0.493 e. The van der Waals surface area contributed by atoms with Gasteiger partial charge in [-0.2, -0.15) is 0 Å². The van der Waals surface area contributed by atoms with Crippen LogP contribution < -0.4 is 4.74 Å². The molecule has 0 N–H and O–H groups in total. The highest BCUT2D eigenvalue weighted by Gasteiger charge is 2.23. The zero-order chi connectivity index (χ0) is 16.8. The number of para-hydroxylation sites is 1. The Balaban J connectivity index is 2.12. The van der Waals surface area contributed by atoms with Crippen LogP contribution in [0.4, 0.5) is 0 Å². The molecule has 0 aromatic heterocycles. The number of ketones is 1. The lowest BCUT2D eigenvalue weighted by Gasteiger charge is -2.13. The Kier molecular flexibility index (Phi) is 6.19. The van der Waals surface area contributed by atoms with Gasteiger partial charge in [0.25, 0.3) is 0 Å². The summed E-state index contributed by atoms with van der Waals surface area (Å²) in [4.78, 5) is 24.5. The fraction of sp³-hybridized carbons (Fsp3) is 0.176. The predicted octanol–water partition coefficient (Wildman–Crippen LogP) is 4.50. The number of hydrogen-bond acceptors (Lipinski definition) is 4. The average Bonchev–Trinajstić information content (AvgIpc) is 2.54. The molecule has 0 fully saturated rings. The van der Waals surface area contributed by atoms with E-state index in [0.717, 1.165) is 0 Å². The van der Waals surface area contributed by atoms with Gasteiger partial charge in [-0.25, -0.2) is 4.79 Å². The Hall–Kier alpha value is -1.85. The van der Waals surface area contributed by atoms with Crippen molar-refractivity contribution < 1.29 is 19.1 Å². The summed E-state index contributed by atoms with van der Waals surface area (Å²) >= 11 is 8.95. The SMILES string of the molecule is CCOc1ccccc1C(=O)OC(Br)C(=O)c1cccc(Cl)c1. The average molecular weight is 398 g/mol. The van der Waals surface area contributed by atoms with Crippen molar-refractivity contribution >= 4 is 39.3 Å². The summed E-state index contributed by atoms with van der Waals surface area (Å²) in [5.41, 5.74) is 0.614. The van der Waals surface area contributed by atoms with E-state index >= 15 is 0 Å². The smallest absolute Gasteiger partial charge is 0.343 e. The van der Waals surface area contributed by atoms with Gasteiger partial charge in [0.2, 0.25) is 10.8 Å². The molecule has 23 heavy (non-hydrogen) atoms. The number of esters is 1. The van der Waals surface area contributed by atoms with Gasteiger partial charge >= 0.3 is 5.97 Å². The molecule has 6 heteroatoms. The van der Waals surface area contributed by atoms with Crippen molar-refractivity contribution in [1.82, 2.24) is 0 Å². The number of ether oxygens (including phenoxy) is 2. The molecule has 0 saturated heterocycles. The van der Waals surface area contributed by atoms with Crippen LogP contribution in [0.5, 0.6) is 5.75 Å². The topological polar surface area (TPSA) is 52.6 Å². The van der Waals surface area contributed by atoms with Crippen LogP contribution in [0.25, 0.3) is 0 Å². The Bertz CT molecular complexity index is 717. The van der Waals surface area contributed by atoms with Gasteiger partial charge in [-0.3, -0.25) is 4.79 Å². The summed E-state index contributed by atoms with van der Waals surface area (Å²) in [7, 11) is 0. The van der Waals surface area contributed by atoms with Crippen molar-refractivity contribution in [1.29, 1.82) is 0 Å². The maximum absolute atomic E-state index is 12.3. The second-order valence-electron chi connectivity index (χ2n) is 4.53. The summed E-state index contributed by atoms with van der Waals surface area (Å²) in [5.74, 6) is -0.629. The van der Waals surface area contributed by atoms with E-state index in [4.69, 9.17) is 21.1 Å². The molecule has 0 bridgehead atoms. The normalized spacial score (nSPS) is 11.6. The highest BCUT2D eigenvalue weighted by molar-refractivity contribution is 9.09. The van der Waals surface area contributed by atoms with Crippen LogP contribution in [0.2, 0.25) is 5.02 Å². The first kappa shape index (κ1) is 17.5. The molecule has 0 aliphatic carbocycles. The van der Waals surface area contributed by atoms with Crippen molar-refractivity contribution in [3.63, 3.8) is 0 Å². The summed E-state index contributed by atoms with van der Waals surface area (Å²) in [6.45, 7) is 2.24. The van der Waals surface area contributed by atoms with E-state index in [1.54, 1.807) is 42.5 Å². The maximum Gasteiger partial charge on any atom is 0.343 e. The zero-order valence-corrected chi connectivity index (χ0v) is 14.6. The van der Waals surface area contributed by atoms with E-state index in [9.17, 15) is 9.59 Å². The predicted molar refractivity (Wildman–Crippen MR) is 91.5 cm³/mol. The standard InChI is InChI=1S/C17H14BrClO4/c1-2-22-14-9-4-3-8-13(14)17(21)23-16(18)15(20)11-6-5-7-12(19)10-11/h3-10,16H,2H2,1H3. The molecule has 2 aromatic rings. The number of halogens is 2. The molecule has 2 rings (SSSR count). The fourth-order valence-corrected chi connectivity index (χ4v) is 2.52. The molecule has 0 aliphatic rings. The highest BCUT2D eigenvalue weighted by atomic mass is 79.9. The van der Waals surface area contributed by atoms with Crippen LogP contribution >= 0.6 is 27.5 Å². The highest BCUT2D eigenvalue weighted by Crippen LogP contribution is 2.22. The molecule has 120 valence electrons. The quantitative estimate of drug-likeness (QED) is 0.409. The Morgan fingerprint density at radius 2 is 1.91 bits per heavy atom. The van der Waals surface area contributed by atoms with Crippen molar-refractivity contribution in [3.8, 4) is 5.75 Å². The number of hydrogen-bond donors (Lipinski definition) is 0. The fourth-order valence-electron chi connectivity index (χ4n) is 1.90. The molecule has 0 radical (unpaired) electrons. The van der Waals surface area contributed by atoms with Crippen molar-refractivity contribution in [2.24, 2.45) is 0 Å². The van der Waals surface area contributed by atoms with Crippen LogP contribution in [0.3, 0.4) is 0 Å². The van der Waals surface area contributed by atoms with Crippen LogP contribution in [0.1, 0.15) is 27.6 Å². The van der Waals surface area contributed by atoms with Crippen molar-refractivity contribution in [3.05, 3.63) is 64.7 Å². The second-order valence-corrected chi connectivity index (χ2v) is 5.79. The molecule has 2 aromatic carbocycles. The maximum atomic E-state index is 12.3. The van der Waals surface area contributed by atoms with E-state index in [1.807, 2.05) is 6.92 Å². The third kappa shape index (κ3) is 4.56. The first-order chi connectivity index (χ1) is 11.0. The van der Waals surface area contributed by atoms with E-state index in [1.165, 1.54) is 6.07 Å². The largest absolute Gasteiger partial charge is 0.493 e. The summed E-state index contributed by atoms with van der Waals surface area (Å²) < 4.78 is 10.6. The van der Waals surface area contributed by atoms with E-state index in [2.05, 4.69) is 15.9 Å². The van der Waals surface area contributed by atoms with Gasteiger partial charge in [0.1, 0.15) is 11.3 Å². The first-order valence-corrected chi connectivity index (χ1v) is 8.19. The van der Waals surface area contributed by atoms with Gasteiger partial charge in [-0.05, 0) is 47.1 Å². The minimum absolute atomic E-state index is 0.262. The van der Waals surface area contributed by atoms with Gasteiger partial charge in [-0.1, -0.05) is 35.9 Å². The van der Waals surface area contributed by atoms with Crippen LogP contribution in [-0.2, 0) is 4.74 Å². The number of Topliss-reactive ketones (excluding diaryl/α,β-unsaturated/α-hetero) is 1. The lowest BCUT2D eigenvalue weighted by atomic mass is 10.1. The zero-order valence-electron chi connectivity index (χ0n) is 12.3. The van der Waals surface area contributed by atoms with E-state index < -0.39 is 16.8 Å². The van der Waals surface area contributed by atoms with Gasteiger partial charge < -0.3 is 9.47 Å². The molecule has 0 spiro atoms. The number of carbonyl (C=O) groups is 2. The third-order valence-electron chi connectivity index (χ3n) is 2.93. The molecular weight excluding hydrogens is 384 g/mol. The number of carbonyl (C=O) groups excluding carboxylic acids is 2. The molecule has 4 nitrogen and oxygen atoms in total. The van der Waals surface area contributed by atoms with Crippen molar-refractivity contribution in [2.45, 2.75) is 11.9 Å². The van der Waals surface area contributed by atoms with Gasteiger partial charge in [-0.15, -0.1) is 0 Å². The number of rotatable bonds is 6. The van der Waals surface area contributed by atoms with Crippen LogP contribution in [0, 0.1) is 0 Å². The van der Waals surface area contributed by atoms with E-state index in [0.29, 0.717) is 22.9 Å². The Morgan fingerprint density at radius 1 is 1.17 bits per heavy atom. The molecule has 0 saturated carbocycles. The third-order valence-corrected chi connectivity index (χ3v) is 3.77. The van der Waals surface area contributed by atoms with Crippen LogP contribution in [0.15, 0.2) is 48.5 Å². The molecule has 0 heterocycles. The van der Waals surface area contributed by atoms with Gasteiger partial charge in [0, 0.05) is 10.6 Å². The lowest BCUT2D eigenvalue weighted by molar-refractivity contribution is 0.0432. The Labute approximate surface area is 147 Å². The summed E-state index contributed by atoms with van der Waals surface area (Å²) in [5, 5.41) is -0.674. The monoisotopic (exact) mass is 396 g/mol.